The van der Waals surface area contributed by atoms with Gasteiger partial charge in [-0.05, 0) is 36.6 Å². The zero-order chi connectivity index (χ0) is 24.7. The number of carbonyl (C=O) groups excluding carboxylic acids is 3. The molecule has 1 heterocycles. The fourth-order valence-electron chi connectivity index (χ4n) is 4.26. The molecule has 0 radical (unpaired) electrons. The number of hydrazine groups is 1. The number of nitro groups is 1. The molecule has 8 nitrogen and oxygen atoms in total. The molecule has 0 unspecified atom stereocenters. The molecule has 0 aromatic heterocycles. The molecule has 2 fully saturated rings. The van der Waals surface area contributed by atoms with Crippen LogP contribution in [0.5, 0.6) is 0 Å². The van der Waals surface area contributed by atoms with Crippen molar-refractivity contribution < 1.29 is 19.3 Å². The molecule has 4 atom stereocenters. The van der Waals surface area contributed by atoms with Gasteiger partial charge < -0.3 is 0 Å². The number of non-ortho nitro benzene ring substituents is 1. The van der Waals surface area contributed by atoms with Crippen LogP contribution in [-0.4, -0.2) is 42.3 Å². The fraction of sp³-hybridized carbons (Fsp3) is 0.318. The SMILES string of the molecule is O=C(c1cccc([N+](=O)[O-])c1)N(Cc1ccc(Cl)cc1Cl)N1C(=O)[C@H]2C[C@H](Br)[C@@H](Br)C[C@H]2C1=O. The van der Waals surface area contributed by atoms with Crippen molar-refractivity contribution in [3.05, 3.63) is 73.8 Å². The monoisotopic (exact) mass is 631 g/mol. The van der Waals surface area contributed by atoms with Crippen LogP contribution < -0.4 is 0 Å². The summed E-state index contributed by atoms with van der Waals surface area (Å²) in [7, 11) is 0. The van der Waals surface area contributed by atoms with Gasteiger partial charge in [0.2, 0.25) is 0 Å². The number of halogens is 4. The molecule has 4 rings (SSSR count). The summed E-state index contributed by atoms with van der Waals surface area (Å²) in [6.07, 6.45) is 0.865. The minimum absolute atomic E-state index is 0.00270. The third-order valence-corrected chi connectivity index (χ3v) is 9.32. The Bertz CT molecular complexity index is 1170. The maximum atomic E-state index is 13.6. The number of amides is 3. The third kappa shape index (κ3) is 4.73. The van der Waals surface area contributed by atoms with E-state index < -0.39 is 34.5 Å². The van der Waals surface area contributed by atoms with Gasteiger partial charge in [-0.15, -0.1) is 0 Å². The largest absolute Gasteiger partial charge is 0.273 e. The summed E-state index contributed by atoms with van der Waals surface area (Å²) in [6.45, 7) is -0.204. The first-order valence-electron chi connectivity index (χ1n) is 10.2. The molecule has 1 aliphatic carbocycles. The second-order valence-corrected chi connectivity index (χ2v) is 11.3. The average molecular weight is 634 g/mol. The number of fused-ring (bicyclic) bond motifs is 1. The lowest BCUT2D eigenvalue weighted by Crippen LogP contribution is -2.49. The zero-order valence-electron chi connectivity index (χ0n) is 17.4. The van der Waals surface area contributed by atoms with Gasteiger partial charge in [-0.3, -0.25) is 24.5 Å². The van der Waals surface area contributed by atoms with E-state index in [0.717, 1.165) is 16.1 Å². The Labute approximate surface area is 221 Å². The van der Waals surface area contributed by atoms with Gasteiger partial charge >= 0.3 is 0 Å². The second-order valence-electron chi connectivity index (χ2n) is 8.11. The lowest BCUT2D eigenvalue weighted by Gasteiger charge is -2.31. The van der Waals surface area contributed by atoms with E-state index in [-0.39, 0.29) is 32.5 Å². The summed E-state index contributed by atoms with van der Waals surface area (Å²) in [5.41, 5.74) is 0.135. The predicted octanol–water partition coefficient (Wildman–Crippen LogP) is 5.38. The van der Waals surface area contributed by atoms with Gasteiger partial charge in [0.05, 0.1) is 23.3 Å². The van der Waals surface area contributed by atoms with E-state index in [1.165, 1.54) is 24.3 Å². The molecule has 2 aliphatic rings. The molecule has 0 spiro atoms. The predicted molar refractivity (Wildman–Crippen MR) is 133 cm³/mol. The zero-order valence-corrected chi connectivity index (χ0v) is 22.1. The van der Waals surface area contributed by atoms with Crippen LogP contribution >= 0.6 is 55.1 Å². The Hall–Kier alpha value is -2.01. The van der Waals surface area contributed by atoms with Gasteiger partial charge in [0.1, 0.15) is 0 Å². The van der Waals surface area contributed by atoms with Crippen molar-refractivity contribution in [2.75, 3.05) is 0 Å². The van der Waals surface area contributed by atoms with Gasteiger partial charge in [0, 0.05) is 37.4 Å². The number of nitrogens with zero attached hydrogens (tertiary/aromatic N) is 3. The van der Waals surface area contributed by atoms with Gasteiger partial charge in [-0.2, -0.15) is 5.01 Å². The highest BCUT2D eigenvalue weighted by Gasteiger charge is 2.54. The molecular weight excluding hydrogens is 617 g/mol. The Morgan fingerprint density at radius 1 is 1.06 bits per heavy atom. The highest BCUT2D eigenvalue weighted by atomic mass is 79.9. The number of benzene rings is 2. The number of alkyl halides is 2. The van der Waals surface area contributed by atoms with Crippen molar-refractivity contribution >= 4 is 78.5 Å². The van der Waals surface area contributed by atoms with Gasteiger partial charge in [0.25, 0.3) is 23.4 Å². The van der Waals surface area contributed by atoms with Crippen LogP contribution in [0.15, 0.2) is 42.5 Å². The highest BCUT2D eigenvalue weighted by Crippen LogP contribution is 2.44. The number of imide groups is 1. The second kappa shape index (κ2) is 9.93. The molecule has 1 saturated carbocycles. The first kappa shape index (κ1) is 25.1. The van der Waals surface area contributed by atoms with Crippen LogP contribution in [0.3, 0.4) is 0 Å². The molecule has 2 aromatic rings. The van der Waals surface area contributed by atoms with Crippen LogP contribution in [0, 0.1) is 22.0 Å². The molecule has 12 heteroatoms. The minimum atomic E-state index is -0.735. The lowest BCUT2D eigenvalue weighted by molar-refractivity contribution is -0.384. The summed E-state index contributed by atoms with van der Waals surface area (Å²) in [5, 5.41) is 13.8. The molecular formula is C22H17Br2Cl2N3O5. The van der Waals surface area contributed by atoms with E-state index in [4.69, 9.17) is 23.2 Å². The topological polar surface area (TPSA) is 101 Å². The van der Waals surface area contributed by atoms with E-state index in [1.807, 2.05) is 0 Å². The highest BCUT2D eigenvalue weighted by molar-refractivity contribution is 9.12. The quantitative estimate of drug-likeness (QED) is 0.190. The summed E-state index contributed by atoms with van der Waals surface area (Å²) in [5.74, 6) is -2.86. The van der Waals surface area contributed by atoms with E-state index >= 15 is 0 Å². The molecule has 1 saturated heterocycles. The van der Waals surface area contributed by atoms with Crippen molar-refractivity contribution in [2.45, 2.75) is 29.0 Å². The van der Waals surface area contributed by atoms with E-state index in [2.05, 4.69) is 31.9 Å². The van der Waals surface area contributed by atoms with Crippen molar-refractivity contribution in [2.24, 2.45) is 11.8 Å². The van der Waals surface area contributed by atoms with Crippen LogP contribution in [0.1, 0.15) is 28.8 Å². The van der Waals surface area contributed by atoms with Crippen LogP contribution in [0.2, 0.25) is 10.0 Å². The number of rotatable bonds is 5. The minimum Gasteiger partial charge on any atom is -0.272 e. The maximum absolute atomic E-state index is 13.6. The summed E-state index contributed by atoms with van der Waals surface area (Å²) < 4.78 is 0. The maximum Gasteiger partial charge on any atom is 0.273 e. The molecule has 34 heavy (non-hydrogen) atoms. The Balaban J connectivity index is 1.75. The van der Waals surface area contributed by atoms with Crippen molar-refractivity contribution in [1.82, 2.24) is 10.0 Å². The van der Waals surface area contributed by atoms with Crippen LogP contribution in [0.25, 0.3) is 0 Å². The van der Waals surface area contributed by atoms with Crippen LogP contribution in [0.4, 0.5) is 5.69 Å². The first-order valence-corrected chi connectivity index (χ1v) is 12.8. The summed E-state index contributed by atoms with van der Waals surface area (Å²) >= 11 is 19.4. The average Bonchev–Trinajstić information content (AvgIpc) is 3.02. The Kier molecular flexibility index (Phi) is 7.33. The molecule has 0 N–H and O–H groups in total. The van der Waals surface area contributed by atoms with Gasteiger partial charge in [-0.25, -0.2) is 5.01 Å². The molecule has 2 aromatic carbocycles. The number of hydrogen-bond donors (Lipinski definition) is 0. The molecule has 0 bridgehead atoms. The van der Waals surface area contributed by atoms with Gasteiger partial charge in [0.15, 0.2) is 0 Å². The van der Waals surface area contributed by atoms with E-state index in [0.29, 0.717) is 23.4 Å². The number of hydrogen-bond acceptors (Lipinski definition) is 5. The standard InChI is InChI=1S/C22H17Br2Cl2N3O5/c23-17-8-15-16(9-18(17)24)22(32)28(21(15)31)27(10-12-4-5-13(25)7-19(12)26)20(30)11-2-1-3-14(6-11)29(33)34/h1-7,15-18H,8-10H2/t15-,16+,17-,18-/m0/s1. The first-order chi connectivity index (χ1) is 16.1. The summed E-state index contributed by atoms with van der Waals surface area (Å²) in [4.78, 5) is 51.0. The smallest absolute Gasteiger partial charge is 0.272 e. The Morgan fingerprint density at radius 3 is 2.24 bits per heavy atom. The van der Waals surface area contributed by atoms with Crippen molar-refractivity contribution in [3.8, 4) is 0 Å². The summed E-state index contributed by atoms with van der Waals surface area (Å²) in [6, 6.07) is 9.80. The number of nitro benzene ring substituents is 1. The molecule has 1 aliphatic heterocycles. The number of carbonyl (C=O) groups is 3. The van der Waals surface area contributed by atoms with E-state index in [9.17, 15) is 24.5 Å². The lowest BCUT2D eigenvalue weighted by atomic mass is 9.81. The normalized spacial score (nSPS) is 24.2. The van der Waals surface area contributed by atoms with Crippen molar-refractivity contribution in [1.29, 1.82) is 0 Å². The fourth-order valence-corrected chi connectivity index (χ4v) is 5.97. The third-order valence-electron chi connectivity index (χ3n) is 6.00. The van der Waals surface area contributed by atoms with Crippen molar-refractivity contribution in [3.63, 3.8) is 0 Å². The molecule has 178 valence electrons. The van der Waals surface area contributed by atoms with E-state index in [1.54, 1.807) is 12.1 Å². The Morgan fingerprint density at radius 2 is 1.68 bits per heavy atom. The van der Waals surface area contributed by atoms with Gasteiger partial charge in [-0.1, -0.05) is 67.2 Å². The molecule has 3 amide bonds. The van der Waals surface area contributed by atoms with Crippen LogP contribution in [-0.2, 0) is 16.1 Å².